The number of amides is 1. The van der Waals surface area contributed by atoms with Gasteiger partial charge in [-0.3, -0.25) is 9.69 Å². The van der Waals surface area contributed by atoms with Crippen LogP contribution in [-0.4, -0.2) is 31.0 Å². The first-order chi connectivity index (χ1) is 11.6. The van der Waals surface area contributed by atoms with Crippen LogP contribution in [-0.2, 0) is 11.3 Å². The smallest absolute Gasteiger partial charge is 0.234 e. The Balaban J connectivity index is 1.55. The summed E-state index contributed by atoms with van der Waals surface area (Å²) in [5.41, 5.74) is 2.18. The fourth-order valence-electron chi connectivity index (χ4n) is 2.93. The maximum Gasteiger partial charge on any atom is 0.234 e. The summed E-state index contributed by atoms with van der Waals surface area (Å²) in [5.74, 6) is 0.886. The number of halogens is 1. The van der Waals surface area contributed by atoms with Crippen molar-refractivity contribution >= 4 is 17.5 Å². The molecule has 0 aromatic heterocycles. The number of benzene rings is 2. The first-order valence-corrected chi connectivity index (χ1v) is 8.43. The molecular weight excluding hydrogens is 324 g/mol. The maximum absolute atomic E-state index is 12.4. The summed E-state index contributed by atoms with van der Waals surface area (Å²) in [5, 5.41) is 3.84. The SMILES string of the molecule is CN(CC(=O)NC1CCOc2ccccc21)Cc1ccc(Cl)cc1. The van der Waals surface area contributed by atoms with Crippen molar-refractivity contribution in [2.75, 3.05) is 20.2 Å². The van der Waals surface area contributed by atoms with E-state index >= 15 is 0 Å². The standard InChI is InChI=1S/C19H21ClN2O2/c1-22(12-14-6-8-15(20)9-7-14)13-19(23)21-17-10-11-24-18-5-3-2-4-16(17)18/h2-9,17H,10-13H2,1H3,(H,21,23). The van der Waals surface area contributed by atoms with E-state index in [4.69, 9.17) is 16.3 Å². The van der Waals surface area contributed by atoms with Gasteiger partial charge in [-0.25, -0.2) is 0 Å². The minimum absolute atomic E-state index is 0.0198. The second kappa shape index (κ2) is 7.69. The lowest BCUT2D eigenvalue weighted by molar-refractivity contribution is -0.123. The summed E-state index contributed by atoms with van der Waals surface area (Å²) < 4.78 is 5.63. The van der Waals surface area contributed by atoms with Crippen LogP contribution in [0.3, 0.4) is 0 Å². The van der Waals surface area contributed by atoms with Crippen molar-refractivity contribution in [1.82, 2.24) is 10.2 Å². The molecule has 1 unspecified atom stereocenters. The Kier molecular flexibility index (Phi) is 5.38. The lowest BCUT2D eigenvalue weighted by Gasteiger charge is -2.27. The number of nitrogens with one attached hydrogen (secondary N) is 1. The Morgan fingerprint density at radius 1 is 1.25 bits per heavy atom. The highest BCUT2D eigenvalue weighted by Gasteiger charge is 2.22. The van der Waals surface area contributed by atoms with E-state index in [2.05, 4.69) is 5.32 Å². The van der Waals surface area contributed by atoms with Crippen LogP contribution in [0.5, 0.6) is 5.75 Å². The first-order valence-electron chi connectivity index (χ1n) is 8.06. The zero-order chi connectivity index (χ0) is 16.9. The zero-order valence-electron chi connectivity index (χ0n) is 13.7. The van der Waals surface area contributed by atoms with Crippen molar-refractivity contribution in [2.45, 2.75) is 19.0 Å². The second-order valence-electron chi connectivity index (χ2n) is 6.09. The van der Waals surface area contributed by atoms with Gasteiger partial charge in [-0.05, 0) is 30.8 Å². The molecular formula is C19H21ClN2O2. The second-order valence-corrected chi connectivity index (χ2v) is 6.53. The molecule has 1 amide bonds. The fraction of sp³-hybridized carbons (Fsp3) is 0.316. The summed E-state index contributed by atoms with van der Waals surface area (Å²) in [6.07, 6.45) is 0.795. The molecule has 5 heteroatoms. The average Bonchev–Trinajstić information content (AvgIpc) is 2.57. The van der Waals surface area contributed by atoms with Crippen molar-refractivity contribution in [2.24, 2.45) is 0 Å². The van der Waals surface area contributed by atoms with Crippen LogP contribution in [0.1, 0.15) is 23.6 Å². The van der Waals surface area contributed by atoms with E-state index < -0.39 is 0 Å². The molecule has 0 saturated carbocycles. The van der Waals surface area contributed by atoms with Gasteiger partial charge in [-0.15, -0.1) is 0 Å². The fourth-order valence-corrected chi connectivity index (χ4v) is 3.06. The Labute approximate surface area is 147 Å². The molecule has 4 nitrogen and oxygen atoms in total. The molecule has 1 atom stereocenters. The minimum atomic E-state index is 0.0198. The molecule has 0 spiro atoms. The topological polar surface area (TPSA) is 41.6 Å². The summed E-state index contributed by atoms with van der Waals surface area (Å²) >= 11 is 5.89. The number of ether oxygens (including phenoxy) is 1. The van der Waals surface area contributed by atoms with Gasteiger partial charge < -0.3 is 10.1 Å². The molecule has 0 saturated heterocycles. The molecule has 24 heavy (non-hydrogen) atoms. The number of carbonyl (C=O) groups excluding carboxylic acids is 1. The van der Waals surface area contributed by atoms with E-state index in [1.807, 2.05) is 60.5 Å². The highest BCUT2D eigenvalue weighted by atomic mass is 35.5. The van der Waals surface area contributed by atoms with Gasteiger partial charge in [-0.2, -0.15) is 0 Å². The van der Waals surface area contributed by atoms with Crippen LogP contribution >= 0.6 is 11.6 Å². The van der Waals surface area contributed by atoms with E-state index in [0.29, 0.717) is 19.7 Å². The minimum Gasteiger partial charge on any atom is -0.493 e. The van der Waals surface area contributed by atoms with Crippen molar-refractivity contribution in [3.05, 3.63) is 64.7 Å². The Bertz CT molecular complexity index is 703. The third-order valence-electron chi connectivity index (χ3n) is 4.07. The number of carbonyl (C=O) groups is 1. The molecule has 1 N–H and O–H groups in total. The zero-order valence-corrected chi connectivity index (χ0v) is 14.4. The largest absolute Gasteiger partial charge is 0.493 e. The molecule has 2 aromatic carbocycles. The molecule has 0 fully saturated rings. The van der Waals surface area contributed by atoms with Gasteiger partial charge in [0.2, 0.25) is 5.91 Å². The quantitative estimate of drug-likeness (QED) is 0.903. The van der Waals surface area contributed by atoms with Crippen molar-refractivity contribution in [3.8, 4) is 5.75 Å². The predicted molar refractivity (Wildman–Crippen MR) is 95.2 cm³/mol. The van der Waals surface area contributed by atoms with Crippen LogP contribution < -0.4 is 10.1 Å². The van der Waals surface area contributed by atoms with Gasteiger partial charge in [0.15, 0.2) is 0 Å². The number of para-hydroxylation sites is 1. The Hall–Kier alpha value is -2.04. The number of fused-ring (bicyclic) bond motifs is 1. The highest BCUT2D eigenvalue weighted by molar-refractivity contribution is 6.30. The lowest BCUT2D eigenvalue weighted by Crippen LogP contribution is -2.38. The van der Waals surface area contributed by atoms with Crippen molar-refractivity contribution in [3.63, 3.8) is 0 Å². The summed E-state index contributed by atoms with van der Waals surface area (Å²) in [6, 6.07) is 15.6. The monoisotopic (exact) mass is 344 g/mol. The van der Waals surface area contributed by atoms with E-state index in [1.54, 1.807) is 0 Å². The lowest BCUT2D eigenvalue weighted by atomic mass is 10.0. The molecule has 1 heterocycles. The van der Waals surface area contributed by atoms with E-state index in [-0.39, 0.29) is 11.9 Å². The number of hydrogen-bond acceptors (Lipinski definition) is 3. The van der Waals surface area contributed by atoms with Crippen LogP contribution in [0, 0.1) is 0 Å². The molecule has 2 aromatic rings. The molecule has 3 rings (SSSR count). The van der Waals surface area contributed by atoms with E-state index in [9.17, 15) is 4.79 Å². The maximum atomic E-state index is 12.4. The Morgan fingerprint density at radius 3 is 2.79 bits per heavy atom. The number of nitrogens with zero attached hydrogens (tertiary/aromatic N) is 1. The van der Waals surface area contributed by atoms with Gasteiger partial charge in [0.05, 0.1) is 19.2 Å². The van der Waals surface area contributed by atoms with Crippen molar-refractivity contribution < 1.29 is 9.53 Å². The molecule has 0 aliphatic carbocycles. The predicted octanol–water partition coefficient (Wildman–Crippen LogP) is 3.41. The van der Waals surface area contributed by atoms with Crippen LogP contribution in [0.4, 0.5) is 0 Å². The Morgan fingerprint density at radius 2 is 2.00 bits per heavy atom. The summed E-state index contributed by atoms with van der Waals surface area (Å²) in [7, 11) is 1.94. The van der Waals surface area contributed by atoms with Crippen molar-refractivity contribution in [1.29, 1.82) is 0 Å². The van der Waals surface area contributed by atoms with Gasteiger partial charge in [0.1, 0.15) is 5.75 Å². The van der Waals surface area contributed by atoms with Gasteiger partial charge in [0, 0.05) is 23.6 Å². The van der Waals surface area contributed by atoms with E-state index in [0.717, 1.165) is 28.3 Å². The first kappa shape index (κ1) is 16.8. The van der Waals surface area contributed by atoms with Crippen LogP contribution in [0.15, 0.2) is 48.5 Å². The number of rotatable bonds is 5. The molecule has 126 valence electrons. The third kappa shape index (κ3) is 4.28. The number of likely N-dealkylation sites (N-methyl/N-ethyl adjacent to an activating group) is 1. The van der Waals surface area contributed by atoms with E-state index in [1.165, 1.54) is 0 Å². The van der Waals surface area contributed by atoms with Gasteiger partial charge in [-0.1, -0.05) is 41.9 Å². The normalized spacial score (nSPS) is 16.4. The average molecular weight is 345 g/mol. The van der Waals surface area contributed by atoms with Gasteiger partial charge in [0.25, 0.3) is 0 Å². The molecule has 1 aliphatic rings. The van der Waals surface area contributed by atoms with Crippen LogP contribution in [0.25, 0.3) is 0 Å². The van der Waals surface area contributed by atoms with Crippen LogP contribution in [0.2, 0.25) is 5.02 Å². The molecule has 1 aliphatic heterocycles. The molecule has 0 bridgehead atoms. The third-order valence-corrected chi connectivity index (χ3v) is 4.32. The summed E-state index contributed by atoms with van der Waals surface area (Å²) in [4.78, 5) is 14.4. The summed E-state index contributed by atoms with van der Waals surface area (Å²) in [6.45, 7) is 1.68. The molecule has 0 radical (unpaired) electrons. The number of hydrogen-bond donors (Lipinski definition) is 1. The highest BCUT2D eigenvalue weighted by Crippen LogP contribution is 2.31. The van der Waals surface area contributed by atoms with Gasteiger partial charge >= 0.3 is 0 Å².